The fraction of sp³-hybridized carbons (Fsp3) is 0.333. The van der Waals surface area contributed by atoms with Crippen LogP contribution in [-0.4, -0.2) is 12.6 Å². The van der Waals surface area contributed by atoms with Crippen molar-refractivity contribution in [1.29, 1.82) is 0 Å². The highest BCUT2D eigenvalue weighted by molar-refractivity contribution is 5.87. The van der Waals surface area contributed by atoms with Crippen LogP contribution in [0.1, 0.15) is 6.42 Å². The van der Waals surface area contributed by atoms with Crippen molar-refractivity contribution in [3.8, 4) is 18.4 Å². The second-order valence-electron chi connectivity index (χ2n) is 1.21. The molecule has 3 heteroatoms. The summed E-state index contributed by atoms with van der Waals surface area (Å²) in [5.74, 6) is 1.08. The molecule has 0 aromatic rings. The van der Waals surface area contributed by atoms with Gasteiger partial charge >= 0.3 is 5.97 Å². The van der Waals surface area contributed by atoms with E-state index in [9.17, 15) is 4.79 Å². The topological polar surface area (TPSA) is 50.1 Å². The molecule has 46 valence electrons. The van der Waals surface area contributed by atoms with Crippen molar-refractivity contribution < 1.29 is 14.8 Å². The van der Waals surface area contributed by atoms with Gasteiger partial charge in [-0.3, -0.25) is 0 Å². The van der Waals surface area contributed by atoms with Crippen molar-refractivity contribution in [3.05, 3.63) is 0 Å². The minimum atomic E-state index is -0.690. The highest BCUT2D eigenvalue weighted by atomic mass is 16.5. The number of terminal acetylenes is 1. The third kappa shape index (κ3) is 4.37. The average Bonchev–Trinajstić information content (AvgIpc) is 1.89. The van der Waals surface area contributed by atoms with E-state index >= 15 is 0 Å². The maximum absolute atomic E-state index is 10.1. The summed E-state index contributed by atoms with van der Waals surface area (Å²) >= 11 is 0. The molecule has 9 heavy (non-hydrogen) atoms. The Balaban J connectivity index is 3.23. The van der Waals surface area contributed by atoms with Crippen LogP contribution in [0.15, 0.2) is 0 Å². The zero-order chi connectivity index (χ0) is 7.11. The molecule has 0 radical (unpaired) electrons. The summed E-state index contributed by atoms with van der Waals surface area (Å²) in [6.07, 6.45) is 4.96. The van der Waals surface area contributed by atoms with Gasteiger partial charge in [-0.25, -0.2) is 4.79 Å². The van der Waals surface area contributed by atoms with Crippen molar-refractivity contribution in [1.82, 2.24) is 0 Å². The molecule has 0 atom stereocenters. The second kappa shape index (κ2) is 4.67. The van der Waals surface area contributed by atoms with E-state index in [0.717, 1.165) is 0 Å². The molecule has 0 aliphatic carbocycles. The lowest BCUT2D eigenvalue weighted by Gasteiger charge is -1.90. The fourth-order valence-corrected chi connectivity index (χ4v) is 0.236. The molecule has 0 fully saturated rings. The summed E-state index contributed by atoms with van der Waals surface area (Å²) < 4.78 is 4.37. The maximum Gasteiger partial charge on any atom is 0.384 e. The third-order valence-corrected chi connectivity index (χ3v) is 0.578. The molecule has 1 N–H and O–H groups in total. The predicted octanol–water partition coefficient (Wildman–Crippen LogP) is -1.67. The summed E-state index contributed by atoms with van der Waals surface area (Å²) in [5.41, 5.74) is 0. The van der Waals surface area contributed by atoms with Crippen LogP contribution in [0.3, 0.4) is 0 Å². The minimum Gasteiger partial charge on any atom is -0.455 e. The van der Waals surface area contributed by atoms with Crippen LogP contribution in [0.5, 0.6) is 0 Å². The fourth-order valence-electron chi connectivity index (χ4n) is 0.236. The molecule has 0 aliphatic rings. The molecule has 0 unspecified atom stereocenters. The van der Waals surface area contributed by atoms with Crippen molar-refractivity contribution >= 4 is 5.97 Å². The highest BCUT2D eigenvalue weighted by Gasteiger charge is 1.94. The monoisotopic (exact) mass is 124 g/mol. The lowest BCUT2D eigenvalue weighted by molar-refractivity contribution is -0.136. The van der Waals surface area contributed by atoms with Gasteiger partial charge in [-0.2, -0.15) is 0 Å². The molecule has 0 saturated carbocycles. The highest BCUT2D eigenvalue weighted by Crippen LogP contribution is 1.78. The number of carbonyl (C=O) groups is 1. The Hall–Kier alpha value is -1.48. The van der Waals surface area contributed by atoms with Crippen molar-refractivity contribution in [2.75, 3.05) is 6.61 Å². The average molecular weight is 124 g/mol. The van der Waals surface area contributed by atoms with E-state index in [0.29, 0.717) is 6.42 Å². The minimum absolute atomic E-state index is 0.145. The van der Waals surface area contributed by atoms with Gasteiger partial charge in [0.1, 0.15) is 13.0 Å². The van der Waals surface area contributed by atoms with Crippen molar-refractivity contribution in [2.45, 2.75) is 6.42 Å². The summed E-state index contributed by atoms with van der Waals surface area (Å²) in [6.45, 7) is 0.145. The van der Waals surface area contributed by atoms with Gasteiger partial charge < -0.3 is 4.74 Å². The van der Waals surface area contributed by atoms with Gasteiger partial charge in [-0.05, 0) is 0 Å². The molecular formula is C6H6NO2+. The molecule has 3 nitrogen and oxygen atoms in total. The number of carbonyl (C=O) groups excluding carboxylic acids is 1. The van der Waals surface area contributed by atoms with Crippen LogP contribution in [0, 0.1) is 18.4 Å². The van der Waals surface area contributed by atoms with E-state index < -0.39 is 5.97 Å². The SMILES string of the molecule is C#CC(=O)OCCC#[NH+]. The van der Waals surface area contributed by atoms with E-state index in [4.69, 9.17) is 5.26 Å². The number of ether oxygens (including phenoxy) is 1. The van der Waals surface area contributed by atoms with Crippen LogP contribution >= 0.6 is 0 Å². The maximum atomic E-state index is 10.1. The first-order valence-electron chi connectivity index (χ1n) is 2.34. The standard InChI is InChI=1S/C6H5NO2/c1-2-6(8)9-5-3-4-7/h1H,3,5H2/p+1. The summed E-state index contributed by atoms with van der Waals surface area (Å²) in [4.78, 5) is 10.1. The first-order chi connectivity index (χ1) is 4.31. The van der Waals surface area contributed by atoms with E-state index in [2.05, 4.69) is 17.2 Å². The third-order valence-electron chi connectivity index (χ3n) is 0.578. The van der Waals surface area contributed by atoms with Crippen LogP contribution in [0.4, 0.5) is 0 Å². The number of hydrogen-bond acceptors (Lipinski definition) is 2. The molecule has 0 saturated heterocycles. The zero-order valence-corrected chi connectivity index (χ0v) is 4.81. The number of rotatable bonds is 2. The first kappa shape index (κ1) is 7.52. The van der Waals surface area contributed by atoms with E-state index in [1.165, 1.54) is 0 Å². The molecule has 0 bridgehead atoms. The Bertz CT molecular complexity index is 172. The van der Waals surface area contributed by atoms with Gasteiger partial charge in [0.05, 0.1) is 0 Å². The zero-order valence-electron chi connectivity index (χ0n) is 4.81. The largest absolute Gasteiger partial charge is 0.455 e. The molecule has 0 aromatic heterocycles. The number of nitrogens with one attached hydrogen (secondary N) is 1. The summed E-state index contributed by atoms with van der Waals surface area (Å²) in [7, 11) is 0. The second-order valence-corrected chi connectivity index (χ2v) is 1.21. The molecule has 0 amide bonds. The van der Waals surface area contributed by atoms with Crippen LogP contribution in [-0.2, 0) is 9.53 Å². The number of hydrogen-bond donors (Lipinski definition) is 1. The Morgan fingerprint density at radius 2 is 2.44 bits per heavy atom. The van der Waals surface area contributed by atoms with Gasteiger partial charge in [0, 0.05) is 5.92 Å². The predicted molar refractivity (Wildman–Crippen MR) is 29.3 cm³/mol. The molecule has 0 spiro atoms. The van der Waals surface area contributed by atoms with Gasteiger partial charge in [-0.1, -0.05) is 0 Å². The first-order valence-corrected chi connectivity index (χ1v) is 2.34. The smallest absolute Gasteiger partial charge is 0.384 e. The molecule has 0 aromatic carbocycles. The normalized spacial score (nSPS) is 6.89. The molecule has 0 rings (SSSR count). The van der Waals surface area contributed by atoms with Crippen LogP contribution in [0.25, 0.3) is 0 Å². The van der Waals surface area contributed by atoms with Crippen LogP contribution in [0.2, 0.25) is 0 Å². The Morgan fingerprint density at radius 1 is 1.78 bits per heavy atom. The van der Waals surface area contributed by atoms with E-state index in [-0.39, 0.29) is 6.61 Å². The van der Waals surface area contributed by atoms with Gasteiger partial charge in [-0.15, -0.1) is 11.7 Å². The summed E-state index contributed by atoms with van der Waals surface area (Å²) in [6, 6.07) is 2.05. The lowest BCUT2D eigenvalue weighted by atomic mass is 10.5. The molecular weight excluding hydrogens is 118 g/mol. The Morgan fingerprint density at radius 3 is 2.89 bits per heavy atom. The lowest BCUT2D eigenvalue weighted by Crippen LogP contribution is -2.17. The Labute approximate surface area is 53.2 Å². The van der Waals surface area contributed by atoms with Crippen molar-refractivity contribution in [2.24, 2.45) is 0 Å². The molecule has 0 aliphatic heterocycles. The summed E-state index contributed by atoms with van der Waals surface area (Å²) in [5, 5.41) is 6.41. The quantitative estimate of drug-likeness (QED) is 0.207. The van der Waals surface area contributed by atoms with Gasteiger partial charge in [0.25, 0.3) is 6.07 Å². The molecule has 0 heterocycles. The van der Waals surface area contributed by atoms with Crippen molar-refractivity contribution in [3.63, 3.8) is 0 Å². The van der Waals surface area contributed by atoms with Crippen LogP contribution < -0.4 is 5.26 Å². The number of esters is 1. The van der Waals surface area contributed by atoms with Gasteiger partial charge in [0.15, 0.2) is 0 Å². The van der Waals surface area contributed by atoms with Gasteiger partial charge in [0.2, 0.25) is 0 Å². The van der Waals surface area contributed by atoms with E-state index in [1.807, 2.05) is 0 Å². The van der Waals surface area contributed by atoms with E-state index in [1.54, 1.807) is 5.92 Å². The Kier molecular flexibility index (Phi) is 3.90.